The third kappa shape index (κ3) is 5.13. The summed E-state index contributed by atoms with van der Waals surface area (Å²) in [5.41, 5.74) is 2.17. The molecule has 0 heterocycles. The maximum absolute atomic E-state index is 10.9. The molecule has 1 N–H and O–H groups in total. The van der Waals surface area contributed by atoms with E-state index < -0.39 is 5.79 Å². The second-order valence-corrected chi connectivity index (χ2v) is 7.11. The SMILES string of the molecule is O=[N+]([O-])CC1CCC(O)(O[C@H](Cc2ccccc2)c2ccccc2)CC1. The number of rotatable bonds is 7. The highest BCUT2D eigenvalue weighted by Gasteiger charge is 2.38. The fourth-order valence-electron chi connectivity index (χ4n) is 3.63. The molecule has 0 spiro atoms. The first-order valence-electron chi connectivity index (χ1n) is 9.15. The molecular formula is C21H25NO4. The molecule has 0 unspecified atom stereocenters. The van der Waals surface area contributed by atoms with Crippen molar-refractivity contribution in [3.05, 3.63) is 81.9 Å². The lowest BCUT2D eigenvalue weighted by Crippen LogP contribution is -2.39. The van der Waals surface area contributed by atoms with Gasteiger partial charge in [-0.25, -0.2) is 0 Å². The molecule has 0 bridgehead atoms. The zero-order valence-corrected chi connectivity index (χ0v) is 14.8. The van der Waals surface area contributed by atoms with E-state index in [1.807, 2.05) is 48.5 Å². The molecule has 2 aromatic rings. The summed E-state index contributed by atoms with van der Waals surface area (Å²) < 4.78 is 6.21. The van der Waals surface area contributed by atoms with Crippen LogP contribution in [-0.2, 0) is 11.2 Å². The molecule has 1 saturated carbocycles. The van der Waals surface area contributed by atoms with Gasteiger partial charge in [0, 0.05) is 30.1 Å². The lowest BCUT2D eigenvalue weighted by molar-refractivity contribution is -0.490. The fraction of sp³-hybridized carbons (Fsp3) is 0.429. The lowest BCUT2D eigenvalue weighted by Gasteiger charge is -2.37. The molecule has 1 aliphatic rings. The molecule has 1 fully saturated rings. The number of nitro groups is 1. The Balaban J connectivity index is 1.70. The molecule has 138 valence electrons. The third-order valence-electron chi connectivity index (χ3n) is 5.09. The number of ether oxygens (including phenoxy) is 1. The van der Waals surface area contributed by atoms with Crippen LogP contribution < -0.4 is 0 Å². The minimum atomic E-state index is -1.22. The van der Waals surface area contributed by atoms with Crippen LogP contribution in [-0.4, -0.2) is 22.4 Å². The van der Waals surface area contributed by atoms with E-state index in [2.05, 4.69) is 12.1 Å². The average molecular weight is 355 g/mol. The molecule has 0 saturated heterocycles. The Morgan fingerprint density at radius 3 is 2.23 bits per heavy atom. The predicted molar refractivity (Wildman–Crippen MR) is 99.2 cm³/mol. The largest absolute Gasteiger partial charge is 0.365 e. The first-order chi connectivity index (χ1) is 12.5. The summed E-state index contributed by atoms with van der Waals surface area (Å²) in [6.45, 7) is -0.0256. The Morgan fingerprint density at radius 2 is 1.65 bits per heavy atom. The lowest BCUT2D eigenvalue weighted by atomic mass is 9.85. The average Bonchev–Trinajstić information content (AvgIpc) is 2.65. The summed E-state index contributed by atoms with van der Waals surface area (Å²) in [5.74, 6) is -1.19. The molecule has 0 aliphatic heterocycles. The van der Waals surface area contributed by atoms with Crippen LogP contribution in [0.1, 0.15) is 42.9 Å². The van der Waals surface area contributed by atoms with Crippen molar-refractivity contribution in [3.8, 4) is 0 Å². The standard InChI is InChI=1S/C21H25NO4/c23-21(13-11-18(12-14-21)16-22(24)25)26-20(19-9-5-2-6-10-19)15-17-7-3-1-4-8-17/h1-10,18,20,23H,11-16H2/t18?,20-,21?/m1/s1. The summed E-state index contributed by atoms with van der Waals surface area (Å²) in [6.07, 6.45) is 2.52. The van der Waals surface area contributed by atoms with Crippen molar-refractivity contribution in [2.24, 2.45) is 5.92 Å². The van der Waals surface area contributed by atoms with E-state index in [9.17, 15) is 15.2 Å². The second kappa shape index (κ2) is 8.43. The number of hydrogen-bond acceptors (Lipinski definition) is 4. The molecule has 26 heavy (non-hydrogen) atoms. The summed E-state index contributed by atoms with van der Waals surface area (Å²) in [7, 11) is 0. The monoisotopic (exact) mass is 355 g/mol. The quantitative estimate of drug-likeness (QED) is 0.460. The molecule has 5 heteroatoms. The Hall–Kier alpha value is -2.24. The van der Waals surface area contributed by atoms with Gasteiger partial charge in [0.1, 0.15) is 0 Å². The van der Waals surface area contributed by atoms with Crippen LogP contribution in [0.15, 0.2) is 60.7 Å². The topological polar surface area (TPSA) is 72.6 Å². The van der Waals surface area contributed by atoms with Gasteiger partial charge in [-0.15, -0.1) is 0 Å². The maximum atomic E-state index is 10.9. The molecule has 3 rings (SSSR count). The van der Waals surface area contributed by atoms with E-state index in [4.69, 9.17) is 4.74 Å². The maximum Gasteiger partial charge on any atom is 0.206 e. The van der Waals surface area contributed by atoms with Gasteiger partial charge in [0.05, 0.1) is 6.10 Å². The number of benzene rings is 2. The Labute approximate surface area is 153 Å². The van der Waals surface area contributed by atoms with Gasteiger partial charge in [-0.1, -0.05) is 60.7 Å². The van der Waals surface area contributed by atoms with Crippen LogP contribution in [0.4, 0.5) is 0 Å². The fourth-order valence-corrected chi connectivity index (χ4v) is 3.63. The van der Waals surface area contributed by atoms with Gasteiger partial charge < -0.3 is 9.84 Å². The smallest absolute Gasteiger partial charge is 0.206 e. The van der Waals surface area contributed by atoms with E-state index in [0.717, 1.165) is 11.1 Å². The third-order valence-corrected chi connectivity index (χ3v) is 5.09. The number of aliphatic hydroxyl groups is 1. The molecule has 0 amide bonds. The van der Waals surface area contributed by atoms with Crippen molar-refractivity contribution in [1.29, 1.82) is 0 Å². The minimum Gasteiger partial charge on any atom is -0.365 e. The first-order valence-corrected chi connectivity index (χ1v) is 9.15. The molecule has 2 aromatic carbocycles. The Bertz CT molecular complexity index is 696. The summed E-state index contributed by atoms with van der Waals surface area (Å²) in [6, 6.07) is 20.0. The summed E-state index contributed by atoms with van der Waals surface area (Å²) in [4.78, 5) is 10.4. The van der Waals surface area contributed by atoms with Crippen LogP contribution >= 0.6 is 0 Å². The van der Waals surface area contributed by atoms with Crippen molar-refractivity contribution in [2.45, 2.75) is 44.0 Å². The zero-order chi connectivity index (χ0) is 18.4. The number of nitrogens with zero attached hydrogens (tertiary/aromatic N) is 1. The van der Waals surface area contributed by atoms with Crippen LogP contribution in [0.2, 0.25) is 0 Å². The zero-order valence-electron chi connectivity index (χ0n) is 14.8. The van der Waals surface area contributed by atoms with Crippen LogP contribution in [0.5, 0.6) is 0 Å². The minimum absolute atomic E-state index is 0.0256. The highest BCUT2D eigenvalue weighted by Crippen LogP contribution is 2.37. The normalized spacial score (nSPS) is 24.1. The molecule has 0 aromatic heterocycles. The summed E-state index contributed by atoms with van der Waals surface area (Å²) in [5, 5.41) is 21.6. The molecule has 0 radical (unpaired) electrons. The van der Waals surface area contributed by atoms with Gasteiger partial charge in [0.15, 0.2) is 5.79 Å². The molecule has 5 nitrogen and oxygen atoms in total. The number of hydrogen-bond donors (Lipinski definition) is 1. The van der Waals surface area contributed by atoms with Gasteiger partial charge in [-0.05, 0) is 24.0 Å². The van der Waals surface area contributed by atoms with Crippen LogP contribution in [0, 0.1) is 16.0 Å². The predicted octanol–water partition coefficient (Wildman–Crippen LogP) is 4.14. The molecule has 1 aliphatic carbocycles. The van der Waals surface area contributed by atoms with Crippen LogP contribution in [0.3, 0.4) is 0 Å². The second-order valence-electron chi connectivity index (χ2n) is 7.11. The highest BCUT2D eigenvalue weighted by atomic mass is 16.6. The van der Waals surface area contributed by atoms with E-state index >= 15 is 0 Å². The van der Waals surface area contributed by atoms with Gasteiger partial charge in [-0.3, -0.25) is 10.1 Å². The van der Waals surface area contributed by atoms with Gasteiger partial charge >= 0.3 is 0 Å². The van der Waals surface area contributed by atoms with E-state index in [1.54, 1.807) is 0 Å². The first kappa shape index (κ1) is 18.5. The van der Waals surface area contributed by atoms with E-state index in [0.29, 0.717) is 32.1 Å². The Kier molecular flexibility index (Phi) is 6.01. The van der Waals surface area contributed by atoms with Gasteiger partial charge in [-0.2, -0.15) is 0 Å². The Morgan fingerprint density at radius 1 is 1.08 bits per heavy atom. The van der Waals surface area contributed by atoms with Gasteiger partial charge in [0.25, 0.3) is 0 Å². The van der Waals surface area contributed by atoms with Crippen molar-refractivity contribution < 1.29 is 14.8 Å². The van der Waals surface area contributed by atoms with Crippen molar-refractivity contribution in [1.82, 2.24) is 0 Å². The van der Waals surface area contributed by atoms with Crippen molar-refractivity contribution in [2.75, 3.05) is 6.54 Å². The molecular weight excluding hydrogens is 330 g/mol. The summed E-state index contributed by atoms with van der Waals surface area (Å²) >= 11 is 0. The van der Waals surface area contributed by atoms with Crippen molar-refractivity contribution in [3.63, 3.8) is 0 Å². The molecule has 1 atom stereocenters. The van der Waals surface area contributed by atoms with Crippen molar-refractivity contribution >= 4 is 0 Å². The van der Waals surface area contributed by atoms with Crippen LogP contribution in [0.25, 0.3) is 0 Å². The van der Waals surface area contributed by atoms with E-state index in [-0.39, 0.29) is 23.5 Å². The van der Waals surface area contributed by atoms with Gasteiger partial charge in [0.2, 0.25) is 6.54 Å². The highest BCUT2D eigenvalue weighted by molar-refractivity contribution is 5.22. The van der Waals surface area contributed by atoms with E-state index in [1.165, 1.54) is 0 Å².